The quantitative estimate of drug-likeness (QED) is 0.746. The second-order valence-electron chi connectivity index (χ2n) is 6.18. The molecule has 0 radical (unpaired) electrons. The van der Waals surface area contributed by atoms with E-state index in [-0.39, 0.29) is 17.6 Å². The zero-order valence-electron chi connectivity index (χ0n) is 14.0. The summed E-state index contributed by atoms with van der Waals surface area (Å²) >= 11 is 0. The summed E-state index contributed by atoms with van der Waals surface area (Å²) in [6, 6.07) is 17.1. The van der Waals surface area contributed by atoms with Crippen LogP contribution in [0.3, 0.4) is 0 Å². The monoisotopic (exact) mass is 333 g/mol. The van der Waals surface area contributed by atoms with Gasteiger partial charge in [0.1, 0.15) is 11.5 Å². The number of carbonyl (C=O) groups is 1. The Labute approximate surface area is 146 Å². The second kappa shape index (κ2) is 6.13. The van der Waals surface area contributed by atoms with Crippen molar-refractivity contribution in [2.24, 2.45) is 0 Å². The molecule has 1 aliphatic heterocycles. The Morgan fingerprint density at radius 1 is 1.04 bits per heavy atom. The summed E-state index contributed by atoms with van der Waals surface area (Å²) < 4.78 is 5.78. The highest BCUT2D eigenvalue weighted by atomic mass is 16.5. The topological polar surface area (TPSA) is 58.6 Å². The number of aromatic hydroxyl groups is 1. The van der Waals surface area contributed by atoms with Crippen molar-refractivity contribution in [2.75, 3.05) is 11.9 Å². The van der Waals surface area contributed by atoms with E-state index in [2.05, 4.69) is 5.32 Å². The van der Waals surface area contributed by atoms with Crippen LogP contribution in [-0.2, 0) is 4.79 Å². The molecule has 0 fully saturated rings. The maximum Gasteiger partial charge on any atom is 0.225 e. The van der Waals surface area contributed by atoms with Crippen LogP contribution in [0.15, 0.2) is 54.6 Å². The van der Waals surface area contributed by atoms with E-state index in [0.717, 1.165) is 33.3 Å². The minimum Gasteiger partial charge on any atom is -0.507 e. The molecule has 126 valence electrons. The number of hydrogen-bond acceptors (Lipinski definition) is 3. The maximum atomic E-state index is 12.4. The number of benzene rings is 3. The van der Waals surface area contributed by atoms with Crippen molar-refractivity contribution >= 4 is 22.4 Å². The Hall–Kier alpha value is -3.01. The number of nitrogens with one attached hydrogen (secondary N) is 1. The minimum absolute atomic E-state index is 0.0281. The van der Waals surface area contributed by atoms with Gasteiger partial charge in [0, 0.05) is 28.7 Å². The fourth-order valence-corrected chi connectivity index (χ4v) is 3.61. The molecule has 0 saturated heterocycles. The number of phenolic OH excluding ortho intramolecular Hbond substituents is 1. The molecule has 0 saturated carbocycles. The summed E-state index contributed by atoms with van der Waals surface area (Å²) in [6.07, 6.45) is 0.376. The number of phenols is 1. The number of carbonyl (C=O) groups excluding carboxylic acids is 1. The fraction of sp³-hybridized carbons (Fsp3) is 0.190. The van der Waals surface area contributed by atoms with Gasteiger partial charge in [-0.1, -0.05) is 42.5 Å². The molecule has 0 bridgehead atoms. The first-order valence-electron chi connectivity index (χ1n) is 8.45. The van der Waals surface area contributed by atoms with Gasteiger partial charge in [0.15, 0.2) is 0 Å². The number of amides is 1. The summed E-state index contributed by atoms with van der Waals surface area (Å²) in [5, 5.41) is 14.7. The molecule has 3 aromatic carbocycles. The molecule has 1 unspecified atom stereocenters. The van der Waals surface area contributed by atoms with Gasteiger partial charge in [-0.05, 0) is 24.6 Å². The number of rotatable bonds is 3. The molecule has 1 aliphatic rings. The molecule has 1 heterocycles. The van der Waals surface area contributed by atoms with E-state index in [1.807, 2.05) is 49.4 Å². The Morgan fingerprint density at radius 3 is 2.72 bits per heavy atom. The zero-order chi connectivity index (χ0) is 17.4. The molecule has 3 aromatic rings. The highest BCUT2D eigenvalue weighted by Gasteiger charge is 2.29. The van der Waals surface area contributed by atoms with Gasteiger partial charge in [-0.25, -0.2) is 0 Å². The smallest absolute Gasteiger partial charge is 0.225 e. The molecule has 0 spiro atoms. The molecule has 0 aromatic heterocycles. The van der Waals surface area contributed by atoms with Crippen LogP contribution in [0.2, 0.25) is 0 Å². The van der Waals surface area contributed by atoms with Crippen molar-refractivity contribution in [1.29, 1.82) is 0 Å². The van der Waals surface area contributed by atoms with Gasteiger partial charge in [-0.15, -0.1) is 0 Å². The number of para-hydroxylation sites is 1. The van der Waals surface area contributed by atoms with Crippen LogP contribution < -0.4 is 10.1 Å². The van der Waals surface area contributed by atoms with E-state index in [1.165, 1.54) is 0 Å². The Balaban J connectivity index is 1.93. The van der Waals surface area contributed by atoms with Crippen LogP contribution in [0.25, 0.3) is 10.8 Å². The molecule has 0 aliphatic carbocycles. The molecule has 4 rings (SSSR count). The van der Waals surface area contributed by atoms with Gasteiger partial charge >= 0.3 is 0 Å². The van der Waals surface area contributed by atoms with Crippen molar-refractivity contribution in [3.63, 3.8) is 0 Å². The highest BCUT2D eigenvalue weighted by Crippen LogP contribution is 2.44. The van der Waals surface area contributed by atoms with Crippen LogP contribution in [0.1, 0.15) is 30.4 Å². The van der Waals surface area contributed by atoms with Gasteiger partial charge in [-0.2, -0.15) is 0 Å². The van der Waals surface area contributed by atoms with Crippen molar-refractivity contribution in [3.05, 3.63) is 65.7 Å². The lowest BCUT2D eigenvalue weighted by molar-refractivity contribution is -0.116. The van der Waals surface area contributed by atoms with Gasteiger partial charge < -0.3 is 15.2 Å². The summed E-state index contributed by atoms with van der Waals surface area (Å²) in [5.41, 5.74) is 2.84. The molecule has 2 N–H and O–H groups in total. The number of fused-ring (bicyclic) bond motifs is 3. The van der Waals surface area contributed by atoms with Crippen molar-refractivity contribution < 1.29 is 14.6 Å². The Bertz CT molecular complexity index is 965. The predicted octanol–water partition coefficient (Wildman–Crippen LogP) is 4.42. The molecule has 1 amide bonds. The normalized spacial score (nSPS) is 16.4. The average molecular weight is 333 g/mol. The lowest BCUT2D eigenvalue weighted by Crippen LogP contribution is -2.24. The number of ether oxygens (including phenoxy) is 1. The standard InChI is InChI=1S/C21H19NO3/c1-2-25-19-9-4-3-6-14(19)17-12-20(24)22-21-15-7-5-8-18(23)13(15)10-11-16(17)21/h3-11,17,23H,2,12H2,1H3,(H,22,24). The van der Waals surface area contributed by atoms with Crippen molar-refractivity contribution in [3.8, 4) is 11.5 Å². The van der Waals surface area contributed by atoms with Gasteiger partial charge in [0.2, 0.25) is 5.91 Å². The molecule has 4 heteroatoms. The summed E-state index contributed by atoms with van der Waals surface area (Å²) in [4.78, 5) is 12.4. The molecule has 1 atom stereocenters. The first kappa shape index (κ1) is 15.5. The second-order valence-corrected chi connectivity index (χ2v) is 6.18. The fourth-order valence-electron chi connectivity index (χ4n) is 3.61. The summed E-state index contributed by atoms with van der Waals surface area (Å²) in [7, 11) is 0. The van der Waals surface area contributed by atoms with E-state index in [1.54, 1.807) is 12.1 Å². The lowest BCUT2D eigenvalue weighted by atomic mass is 9.83. The lowest BCUT2D eigenvalue weighted by Gasteiger charge is -2.28. The van der Waals surface area contributed by atoms with Gasteiger partial charge in [-0.3, -0.25) is 4.79 Å². The first-order valence-corrected chi connectivity index (χ1v) is 8.45. The average Bonchev–Trinajstić information content (AvgIpc) is 2.62. The van der Waals surface area contributed by atoms with E-state index >= 15 is 0 Å². The highest BCUT2D eigenvalue weighted by molar-refractivity contribution is 6.07. The third kappa shape index (κ3) is 2.60. The largest absolute Gasteiger partial charge is 0.507 e. The van der Waals surface area contributed by atoms with Gasteiger partial charge in [0.05, 0.1) is 12.3 Å². The van der Waals surface area contributed by atoms with Crippen LogP contribution in [-0.4, -0.2) is 17.6 Å². The summed E-state index contributed by atoms with van der Waals surface area (Å²) in [5.74, 6) is 0.927. The summed E-state index contributed by atoms with van der Waals surface area (Å²) in [6.45, 7) is 2.53. The van der Waals surface area contributed by atoms with Crippen LogP contribution in [0.4, 0.5) is 5.69 Å². The van der Waals surface area contributed by atoms with E-state index < -0.39 is 0 Å². The van der Waals surface area contributed by atoms with Crippen LogP contribution >= 0.6 is 0 Å². The maximum absolute atomic E-state index is 12.4. The number of hydrogen-bond donors (Lipinski definition) is 2. The first-order chi connectivity index (χ1) is 12.2. The molecular formula is C21H19NO3. The van der Waals surface area contributed by atoms with E-state index in [4.69, 9.17) is 4.74 Å². The van der Waals surface area contributed by atoms with Gasteiger partial charge in [0.25, 0.3) is 0 Å². The Morgan fingerprint density at radius 2 is 1.88 bits per heavy atom. The van der Waals surface area contributed by atoms with E-state index in [0.29, 0.717) is 13.0 Å². The Kier molecular flexibility index (Phi) is 3.80. The SMILES string of the molecule is CCOc1ccccc1C1CC(=O)Nc2c1ccc1c(O)cccc21. The zero-order valence-corrected chi connectivity index (χ0v) is 14.0. The van der Waals surface area contributed by atoms with E-state index in [9.17, 15) is 9.90 Å². The third-order valence-electron chi connectivity index (χ3n) is 4.69. The van der Waals surface area contributed by atoms with Crippen LogP contribution in [0, 0.1) is 0 Å². The third-order valence-corrected chi connectivity index (χ3v) is 4.69. The number of anilines is 1. The predicted molar refractivity (Wildman–Crippen MR) is 98.3 cm³/mol. The molecular weight excluding hydrogens is 314 g/mol. The molecule has 4 nitrogen and oxygen atoms in total. The van der Waals surface area contributed by atoms with Crippen molar-refractivity contribution in [1.82, 2.24) is 0 Å². The molecule has 25 heavy (non-hydrogen) atoms. The minimum atomic E-state index is -0.0711. The van der Waals surface area contributed by atoms with Crippen LogP contribution in [0.5, 0.6) is 11.5 Å². The van der Waals surface area contributed by atoms with Crippen molar-refractivity contribution in [2.45, 2.75) is 19.3 Å².